The van der Waals surface area contributed by atoms with E-state index in [9.17, 15) is 14.0 Å². The number of nitrogens with one attached hydrogen (secondary N) is 2. The van der Waals surface area contributed by atoms with Crippen molar-refractivity contribution in [1.82, 2.24) is 10.6 Å². The zero-order valence-electron chi connectivity index (χ0n) is 12.6. The number of carbonyl (C=O) groups is 2. The third-order valence-corrected chi connectivity index (χ3v) is 3.98. The molecule has 4 nitrogen and oxygen atoms in total. The lowest BCUT2D eigenvalue weighted by Crippen LogP contribution is -2.35. The summed E-state index contributed by atoms with van der Waals surface area (Å²) in [5.41, 5.74) is 0.963. The quantitative estimate of drug-likeness (QED) is 0.855. The fraction of sp³-hybridized carbons (Fsp3) is 0.176. The molecule has 0 aromatic heterocycles. The zero-order chi connectivity index (χ0) is 16.7. The fourth-order valence-corrected chi connectivity index (χ4v) is 2.60. The second-order valence-electron chi connectivity index (χ2n) is 4.89. The van der Waals surface area contributed by atoms with E-state index >= 15 is 0 Å². The molecule has 0 aliphatic carbocycles. The molecule has 0 saturated carbocycles. The van der Waals surface area contributed by atoms with Crippen molar-refractivity contribution in [1.29, 1.82) is 0 Å². The van der Waals surface area contributed by atoms with E-state index in [4.69, 9.17) is 0 Å². The van der Waals surface area contributed by atoms with Crippen molar-refractivity contribution in [3.63, 3.8) is 0 Å². The summed E-state index contributed by atoms with van der Waals surface area (Å²) in [5.74, 6) is -0.716. The van der Waals surface area contributed by atoms with Crippen LogP contribution >= 0.6 is 11.8 Å². The van der Waals surface area contributed by atoms with Gasteiger partial charge >= 0.3 is 0 Å². The van der Waals surface area contributed by atoms with Gasteiger partial charge in [-0.1, -0.05) is 23.9 Å². The molecular formula is C17H17FN2O2S. The van der Waals surface area contributed by atoms with Crippen LogP contribution in [0.2, 0.25) is 0 Å². The van der Waals surface area contributed by atoms with Crippen LogP contribution in [0.15, 0.2) is 58.3 Å². The summed E-state index contributed by atoms with van der Waals surface area (Å²) in [6.07, 6.45) is 0. The standard InChI is InChI=1S/C17H17FN2O2S/c1-12(21)19-11-17(22)20-10-13-2-6-15(7-3-13)23-16-8-4-14(18)5-9-16/h2-9H,10-11H2,1H3,(H,19,21)(H,20,22). The molecular weight excluding hydrogens is 315 g/mol. The molecule has 0 bridgehead atoms. The number of carbonyl (C=O) groups excluding carboxylic acids is 2. The van der Waals surface area contributed by atoms with Crippen LogP contribution in [0, 0.1) is 5.82 Å². The van der Waals surface area contributed by atoms with Gasteiger partial charge in [0.25, 0.3) is 0 Å². The van der Waals surface area contributed by atoms with Crippen LogP contribution in [0.5, 0.6) is 0 Å². The van der Waals surface area contributed by atoms with E-state index in [0.717, 1.165) is 15.4 Å². The second-order valence-corrected chi connectivity index (χ2v) is 6.03. The first-order chi connectivity index (χ1) is 11.0. The molecule has 23 heavy (non-hydrogen) atoms. The van der Waals surface area contributed by atoms with E-state index in [1.807, 2.05) is 24.3 Å². The fourth-order valence-electron chi connectivity index (χ4n) is 1.78. The molecule has 0 fully saturated rings. The summed E-state index contributed by atoms with van der Waals surface area (Å²) >= 11 is 1.54. The third kappa shape index (κ3) is 6.12. The SMILES string of the molecule is CC(=O)NCC(=O)NCc1ccc(Sc2ccc(F)cc2)cc1. The van der Waals surface area contributed by atoms with Crippen molar-refractivity contribution < 1.29 is 14.0 Å². The Morgan fingerprint density at radius 1 is 0.957 bits per heavy atom. The molecule has 2 amide bonds. The first-order valence-electron chi connectivity index (χ1n) is 7.06. The van der Waals surface area contributed by atoms with E-state index in [2.05, 4.69) is 10.6 Å². The van der Waals surface area contributed by atoms with Crippen LogP contribution in [-0.2, 0) is 16.1 Å². The highest BCUT2D eigenvalue weighted by molar-refractivity contribution is 7.99. The molecule has 6 heteroatoms. The van der Waals surface area contributed by atoms with Crippen molar-refractivity contribution in [2.75, 3.05) is 6.54 Å². The molecule has 120 valence electrons. The number of benzene rings is 2. The van der Waals surface area contributed by atoms with Gasteiger partial charge in [0, 0.05) is 23.3 Å². The smallest absolute Gasteiger partial charge is 0.239 e. The Morgan fingerprint density at radius 2 is 1.52 bits per heavy atom. The lowest BCUT2D eigenvalue weighted by atomic mass is 10.2. The summed E-state index contributed by atoms with van der Waals surface area (Å²) in [4.78, 5) is 24.2. The van der Waals surface area contributed by atoms with E-state index in [0.29, 0.717) is 6.54 Å². The van der Waals surface area contributed by atoms with Crippen LogP contribution in [-0.4, -0.2) is 18.4 Å². The molecule has 0 radical (unpaired) electrons. The molecule has 2 N–H and O–H groups in total. The molecule has 0 aliphatic rings. The van der Waals surface area contributed by atoms with Gasteiger partial charge in [-0.05, 0) is 42.0 Å². The largest absolute Gasteiger partial charge is 0.350 e. The van der Waals surface area contributed by atoms with Gasteiger partial charge < -0.3 is 10.6 Å². The number of hydrogen-bond donors (Lipinski definition) is 2. The highest BCUT2D eigenvalue weighted by Gasteiger charge is 2.03. The Bertz CT molecular complexity index is 672. The summed E-state index contributed by atoms with van der Waals surface area (Å²) in [6, 6.07) is 14.1. The van der Waals surface area contributed by atoms with Crippen LogP contribution < -0.4 is 10.6 Å². The van der Waals surface area contributed by atoms with Crippen molar-refractivity contribution in [3.8, 4) is 0 Å². The van der Waals surface area contributed by atoms with E-state index in [1.54, 1.807) is 12.1 Å². The Labute approximate surface area is 138 Å². The predicted molar refractivity (Wildman–Crippen MR) is 87.5 cm³/mol. The summed E-state index contributed by atoms with van der Waals surface area (Å²) in [5, 5.41) is 5.17. The molecule has 2 aromatic carbocycles. The van der Waals surface area contributed by atoms with E-state index < -0.39 is 0 Å². The topological polar surface area (TPSA) is 58.2 Å². The average molecular weight is 332 g/mol. The second kappa shape index (κ2) is 8.33. The number of hydrogen-bond acceptors (Lipinski definition) is 3. The van der Waals surface area contributed by atoms with Gasteiger partial charge in [-0.3, -0.25) is 9.59 Å². The molecule has 0 unspecified atom stereocenters. The maximum absolute atomic E-state index is 12.9. The maximum atomic E-state index is 12.9. The highest BCUT2D eigenvalue weighted by atomic mass is 32.2. The summed E-state index contributed by atoms with van der Waals surface area (Å²) < 4.78 is 12.9. The first-order valence-corrected chi connectivity index (χ1v) is 7.88. The van der Waals surface area contributed by atoms with E-state index in [-0.39, 0.29) is 24.2 Å². The van der Waals surface area contributed by atoms with Crippen molar-refractivity contribution in [3.05, 3.63) is 59.9 Å². The van der Waals surface area contributed by atoms with Gasteiger partial charge in [-0.25, -0.2) is 4.39 Å². The van der Waals surface area contributed by atoms with Gasteiger partial charge in [0.2, 0.25) is 11.8 Å². The Hall–Kier alpha value is -2.34. The lowest BCUT2D eigenvalue weighted by molar-refractivity contribution is -0.125. The summed E-state index contributed by atoms with van der Waals surface area (Å²) in [6.45, 7) is 1.75. The molecule has 0 heterocycles. The van der Waals surface area contributed by atoms with Crippen molar-refractivity contribution in [2.45, 2.75) is 23.3 Å². The number of halogens is 1. The number of amides is 2. The third-order valence-electron chi connectivity index (χ3n) is 2.96. The Balaban J connectivity index is 1.83. The lowest BCUT2D eigenvalue weighted by Gasteiger charge is -2.07. The van der Waals surface area contributed by atoms with Gasteiger partial charge in [0.05, 0.1) is 6.54 Å². The molecule has 2 rings (SSSR count). The normalized spacial score (nSPS) is 10.2. The molecule has 0 aliphatic heterocycles. The van der Waals surface area contributed by atoms with Crippen LogP contribution in [0.3, 0.4) is 0 Å². The Morgan fingerprint density at radius 3 is 2.09 bits per heavy atom. The monoisotopic (exact) mass is 332 g/mol. The zero-order valence-corrected chi connectivity index (χ0v) is 13.5. The molecule has 0 atom stereocenters. The van der Waals surface area contributed by atoms with Gasteiger partial charge in [0.1, 0.15) is 5.82 Å². The van der Waals surface area contributed by atoms with Crippen LogP contribution in [0.1, 0.15) is 12.5 Å². The van der Waals surface area contributed by atoms with Crippen LogP contribution in [0.4, 0.5) is 4.39 Å². The molecule has 2 aromatic rings. The predicted octanol–water partition coefficient (Wildman–Crippen LogP) is 2.73. The number of rotatable bonds is 6. The Kier molecular flexibility index (Phi) is 6.17. The molecule has 0 saturated heterocycles. The van der Waals surface area contributed by atoms with Gasteiger partial charge in [0.15, 0.2) is 0 Å². The van der Waals surface area contributed by atoms with Crippen molar-refractivity contribution >= 4 is 23.6 Å². The molecule has 0 spiro atoms. The van der Waals surface area contributed by atoms with Gasteiger partial charge in [-0.15, -0.1) is 0 Å². The van der Waals surface area contributed by atoms with Crippen molar-refractivity contribution in [2.24, 2.45) is 0 Å². The maximum Gasteiger partial charge on any atom is 0.239 e. The van der Waals surface area contributed by atoms with Crippen LogP contribution in [0.25, 0.3) is 0 Å². The minimum Gasteiger partial charge on any atom is -0.350 e. The minimum atomic E-state index is -0.250. The van der Waals surface area contributed by atoms with Gasteiger partial charge in [-0.2, -0.15) is 0 Å². The highest BCUT2D eigenvalue weighted by Crippen LogP contribution is 2.27. The first kappa shape index (κ1) is 17.0. The average Bonchev–Trinajstić information content (AvgIpc) is 2.54. The minimum absolute atomic E-state index is 0.0200. The van der Waals surface area contributed by atoms with E-state index in [1.165, 1.54) is 30.8 Å². The summed E-state index contributed by atoms with van der Waals surface area (Å²) in [7, 11) is 0.